The van der Waals surface area contributed by atoms with E-state index in [1.807, 2.05) is 0 Å². The van der Waals surface area contributed by atoms with Gasteiger partial charge in [0.1, 0.15) is 5.75 Å². The number of rotatable bonds is 5. The number of anilines is 1. The van der Waals surface area contributed by atoms with Crippen LogP contribution < -0.4 is 10.1 Å². The van der Waals surface area contributed by atoms with E-state index < -0.39 is 0 Å². The van der Waals surface area contributed by atoms with Crippen molar-refractivity contribution in [2.24, 2.45) is 11.8 Å². The SMILES string of the molecule is CC[C@@H]1CN2CCC3c4c(cccc4OC)NC3[C@@H]2C[C@@H]1/C(=C\OC)C(C)=O. The molecule has 1 aromatic rings. The van der Waals surface area contributed by atoms with Crippen LogP contribution in [0.1, 0.15) is 44.6 Å². The molecule has 0 radical (unpaired) electrons. The van der Waals surface area contributed by atoms with Crippen LogP contribution in [0.25, 0.3) is 0 Å². The number of allylic oxidation sites excluding steroid dienone is 1. The van der Waals surface area contributed by atoms with E-state index in [0.717, 1.165) is 43.7 Å². The summed E-state index contributed by atoms with van der Waals surface area (Å²) in [6, 6.07) is 7.09. The molecular formula is C23H32N2O3. The topological polar surface area (TPSA) is 50.8 Å². The lowest BCUT2D eigenvalue weighted by Gasteiger charge is -2.51. The van der Waals surface area contributed by atoms with Crippen LogP contribution >= 0.6 is 0 Å². The summed E-state index contributed by atoms with van der Waals surface area (Å²) in [5.74, 6) is 2.36. The van der Waals surface area contributed by atoms with Gasteiger partial charge in [-0.1, -0.05) is 19.4 Å². The molecule has 5 heteroatoms. The summed E-state index contributed by atoms with van der Waals surface area (Å²) in [7, 11) is 3.40. The van der Waals surface area contributed by atoms with Crippen molar-refractivity contribution in [1.82, 2.24) is 4.90 Å². The second-order valence-corrected chi connectivity index (χ2v) is 8.42. The highest BCUT2D eigenvalue weighted by Gasteiger charge is 2.49. The van der Waals surface area contributed by atoms with E-state index in [-0.39, 0.29) is 11.7 Å². The van der Waals surface area contributed by atoms with Crippen LogP contribution in [-0.2, 0) is 9.53 Å². The van der Waals surface area contributed by atoms with Crippen LogP contribution in [-0.4, -0.2) is 50.1 Å². The Kier molecular flexibility index (Phi) is 5.37. The van der Waals surface area contributed by atoms with Crippen molar-refractivity contribution in [3.8, 4) is 5.75 Å². The second kappa shape index (κ2) is 7.78. The van der Waals surface area contributed by atoms with E-state index in [1.54, 1.807) is 27.4 Å². The lowest BCUT2D eigenvalue weighted by atomic mass is 9.70. The fourth-order valence-corrected chi connectivity index (χ4v) is 5.83. The molecule has 152 valence electrons. The summed E-state index contributed by atoms with van der Waals surface area (Å²) in [5.41, 5.74) is 3.40. The maximum atomic E-state index is 12.4. The zero-order valence-electron chi connectivity index (χ0n) is 17.4. The van der Waals surface area contributed by atoms with Gasteiger partial charge in [0.2, 0.25) is 0 Å². The number of carbonyl (C=O) groups excluding carboxylic acids is 1. The Balaban J connectivity index is 1.64. The van der Waals surface area contributed by atoms with Gasteiger partial charge in [0.05, 0.1) is 20.5 Å². The van der Waals surface area contributed by atoms with Crippen LogP contribution in [0.2, 0.25) is 0 Å². The highest BCUT2D eigenvalue weighted by atomic mass is 16.5. The Hall–Kier alpha value is -2.01. The molecule has 0 amide bonds. The Morgan fingerprint density at radius 1 is 1.36 bits per heavy atom. The average molecular weight is 385 g/mol. The van der Waals surface area contributed by atoms with E-state index in [9.17, 15) is 4.79 Å². The number of hydrogen-bond donors (Lipinski definition) is 1. The van der Waals surface area contributed by atoms with E-state index in [1.165, 1.54) is 11.3 Å². The standard InChI is InChI=1S/C23H32N2O3/c1-5-15-12-25-10-9-16-22-19(7-6-8-21(22)28-4)24-23(16)20(25)11-17(15)18(13-27-3)14(2)26/h6-8,13,15-17,20,23-24H,5,9-12H2,1-4H3/b18-13-/t15-,16?,17+,20+,23?/m1/s1. The molecule has 5 atom stereocenters. The van der Waals surface area contributed by atoms with Gasteiger partial charge in [-0.25, -0.2) is 0 Å². The summed E-state index contributed by atoms with van der Waals surface area (Å²) in [6.07, 6.45) is 4.91. The molecule has 2 unspecified atom stereocenters. The van der Waals surface area contributed by atoms with Crippen molar-refractivity contribution < 1.29 is 14.3 Å². The van der Waals surface area contributed by atoms with Crippen molar-refractivity contribution in [2.45, 2.75) is 51.1 Å². The number of nitrogens with zero attached hydrogens (tertiary/aromatic N) is 1. The van der Waals surface area contributed by atoms with Crippen molar-refractivity contribution >= 4 is 11.5 Å². The summed E-state index contributed by atoms with van der Waals surface area (Å²) >= 11 is 0. The molecule has 2 saturated heterocycles. The quantitative estimate of drug-likeness (QED) is 0.618. The first kappa shape index (κ1) is 19.3. The number of hydrogen-bond acceptors (Lipinski definition) is 5. The molecule has 1 aromatic carbocycles. The molecule has 0 aliphatic carbocycles. The van der Waals surface area contributed by atoms with Gasteiger partial charge >= 0.3 is 0 Å². The zero-order chi connectivity index (χ0) is 19.8. The van der Waals surface area contributed by atoms with Crippen molar-refractivity contribution in [3.05, 3.63) is 35.6 Å². The Morgan fingerprint density at radius 3 is 2.86 bits per heavy atom. The fourth-order valence-electron chi connectivity index (χ4n) is 5.83. The first-order valence-corrected chi connectivity index (χ1v) is 10.5. The maximum absolute atomic E-state index is 12.4. The second-order valence-electron chi connectivity index (χ2n) is 8.42. The third-order valence-corrected chi connectivity index (χ3v) is 7.13. The van der Waals surface area contributed by atoms with Crippen LogP contribution in [0.15, 0.2) is 30.0 Å². The van der Waals surface area contributed by atoms with Gasteiger partial charge in [0, 0.05) is 41.4 Å². The number of ketones is 1. The minimum absolute atomic E-state index is 0.135. The van der Waals surface area contributed by atoms with Gasteiger partial charge < -0.3 is 14.8 Å². The van der Waals surface area contributed by atoms with Crippen LogP contribution in [0.5, 0.6) is 5.75 Å². The van der Waals surface area contributed by atoms with Gasteiger partial charge in [-0.05, 0) is 50.3 Å². The molecule has 3 aliphatic rings. The van der Waals surface area contributed by atoms with Gasteiger partial charge in [-0.2, -0.15) is 0 Å². The lowest BCUT2D eigenvalue weighted by molar-refractivity contribution is -0.115. The molecule has 3 heterocycles. The summed E-state index contributed by atoms with van der Waals surface area (Å²) in [4.78, 5) is 15.0. The van der Waals surface area contributed by atoms with Gasteiger partial charge in [-0.15, -0.1) is 0 Å². The van der Waals surface area contributed by atoms with Crippen LogP contribution in [0, 0.1) is 11.8 Å². The smallest absolute Gasteiger partial charge is 0.159 e. The summed E-state index contributed by atoms with van der Waals surface area (Å²) in [6.45, 7) is 6.07. The molecule has 1 N–H and O–H groups in total. The van der Waals surface area contributed by atoms with E-state index >= 15 is 0 Å². The number of fused-ring (bicyclic) bond motifs is 5. The highest BCUT2D eigenvalue weighted by Crippen LogP contribution is 2.50. The van der Waals surface area contributed by atoms with E-state index in [2.05, 4.69) is 35.3 Å². The molecule has 0 saturated carbocycles. The van der Waals surface area contributed by atoms with Gasteiger partial charge in [-0.3, -0.25) is 9.69 Å². The summed E-state index contributed by atoms with van der Waals surface area (Å²) < 4.78 is 11.0. The zero-order valence-corrected chi connectivity index (χ0v) is 17.4. The van der Waals surface area contributed by atoms with Gasteiger partial charge in [0.15, 0.2) is 5.78 Å². The molecule has 2 fully saturated rings. The third-order valence-electron chi connectivity index (χ3n) is 7.13. The largest absolute Gasteiger partial charge is 0.504 e. The van der Waals surface area contributed by atoms with E-state index in [4.69, 9.17) is 9.47 Å². The average Bonchev–Trinajstić information content (AvgIpc) is 3.10. The first-order chi connectivity index (χ1) is 13.6. The molecule has 0 spiro atoms. The Labute approximate surface area is 168 Å². The maximum Gasteiger partial charge on any atom is 0.159 e. The van der Waals surface area contributed by atoms with Crippen molar-refractivity contribution in [3.63, 3.8) is 0 Å². The first-order valence-electron chi connectivity index (χ1n) is 10.5. The molecule has 0 bridgehead atoms. The van der Waals surface area contributed by atoms with Crippen molar-refractivity contribution in [1.29, 1.82) is 0 Å². The summed E-state index contributed by atoms with van der Waals surface area (Å²) in [5, 5.41) is 3.81. The lowest BCUT2D eigenvalue weighted by Crippen LogP contribution is -2.58. The van der Waals surface area contributed by atoms with Gasteiger partial charge in [0.25, 0.3) is 0 Å². The minimum Gasteiger partial charge on any atom is -0.504 e. The number of carbonyl (C=O) groups is 1. The number of Topliss-reactive ketones (excluding diaryl/α,β-unsaturated/α-hetero) is 1. The highest BCUT2D eigenvalue weighted by molar-refractivity contribution is 5.93. The normalized spacial score (nSPS) is 32.0. The predicted octanol–water partition coefficient (Wildman–Crippen LogP) is 3.81. The molecule has 28 heavy (non-hydrogen) atoms. The molecule has 0 aromatic heterocycles. The minimum atomic E-state index is 0.135. The molecular weight excluding hydrogens is 352 g/mol. The van der Waals surface area contributed by atoms with Crippen molar-refractivity contribution in [2.75, 3.05) is 32.6 Å². The fraction of sp³-hybridized carbons (Fsp3) is 0.609. The number of ether oxygens (including phenoxy) is 2. The number of piperidine rings is 2. The Bertz CT molecular complexity index is 775. The van der Waals surface area contributed by atoms with Crippen LogP contribution in [0.4, 0.5) is 5.69 Å². The Morgan fingerprint density at radius 2 is 2.18 bits per heavy atom. The predicted molar refractivity (Wildman–Crippen MR) is 111 cm³/mol. The third kappa shape index (κ3) is 3.10. The van der Waals surface area contributed by atoms with E-state index in [0.29, 0.717) is 23.9 Å². The number of methoxy groups -OCH3 is 2. The van der Waals surface area contributed by atoms with Crippen LogP contribution in [0.3, 0.4) is 0 Å². The molecule has 4 rings (SSSR count). The number of benzene rings is 1. The number of nitrogens with one attached hydrogen (secondary N) is 1. The molecule has 5 nitrogen and oxygen atoms in total. The monoisotopic (exact) mass is 384 g/mol. The molecule has 3 aliphatic heterocycles.